The Morgan fingerprint density at radius 3 is 2.45 bits per heavy atom. The van der Waals surface area contributed by atoms with Crippen LogP contribution < -0.4 is 10.6 Å². The third kappa shape index (κ3) is 3.82. The summed E-state index contributed by atoms with van der Waals surface area (Å²) in [5.74, 6) is -0.990. The molecule has 0 aliphatic rings. The molecule has 0 heterocycles. The number of ether oxygens (including phenoxy) is 2. The van der Waals surface area contributed by atoms with Gasteiger partial charge in [0.2, 0.25) is 0 Å². The lowest BCUT2D eigenvalue weighted by Gasteiger charge is -2.30. The van der Waals surface area contributed by atoms with Gasteiger partial charge in [0.15, 0.2) is 0 Å². The van der Waals surface area contributed by atoms with E-state index in [4.69, 9.17) is 15.2 Å². The van der Waals surface area contributed by atoms with Crippen molar-refractivity contribution in [2.24, 2.45) is 5.73 Å². The molecule has 0 radical (unpaired) electrons. The van der Waals surface area contributed by atoms with Gasteiger partial charge in [0.05, 0.1) is 19.4 Å². The maximum Gasteiger partial charge on any atom is 0.328 e. The minimum atomic E-state index is -0.870. The number of aliphatic hydroxyl groups excluding tert-OH is 1. The number of aliphatic hydroxyl groups is 1. The Hall–Kier alpha value is -1.96. The first kappa shape index (κ1) is 18.1. The number of rotatable bonds is 7. The van der Waals surface area contributed by atoms with Crippen molar-refractivity contribution in [1.29, 1.82) is 0 Å². The second kappa shape index (κ2) is 8.47. The van der Waals surface area contributed by atoms with Crippen LogP contribution in [0.1, 0.15) is 18.1 Å². The van der Waals surface area contributed by atoms with Crippen molar-refractivity contribution in [3.8, 4) is 0 Å². The van der Waals surface area contributed by atoms with Gasteiger partial charge in [-0.05, 0) is 12.5 Å². The normalized spacial score (nSPS) is 11.9. The molecule has 22 heavy (non-hydrogen) atoms. The zero-order valence-corrected chi connectivity index (χ0v) is 13.0. The van der Waals surface area contributed by atoms with Crippen molar-refractivity contribution in [3.63, 3.8) is 0 Å². The number of esters is 1. The topological polar surface area (TPSA) is 102 Å². The van der Waals surface area contributed by atoms with Crippen LogP contribution in [0.15, 0.2) is 18.2 Å². The van der Waals surface area contributed by atoms with Gasteiger partial charge < -0.3 is 20.3 Å². The molecule has 1 atom stereocenters. The van der Waals surface area contributed by atoms with E-state index in [0.717, 1.165) is 0 Å². The Balaban J connectivity index is 3.44. The maximum absolute atomic E-state index is 12.4. The van der Waals surface area contributed by atoms with Crippen molar-refractivity contribution in [1.82, 2.24) is 0 Å². The number of amides is 1. The molecule has 0 spiro atoms. The van der Waals surface area contributed by atoms with Crippen molar-refractivity contribution in [3.05, 3.63) is 29.3 Å². The first-order chi connectivity index (χ1) is 10.5. The molecule has 0 fully saturated rings. The second-order valence-corrected chi connectivity index (χ2v) is 4.68. The van der Waals surface area contributed by atoms with Crippen LogP contribution in [0.5, 0.6) is 0 Å². The van der Waals surface area contributed by atoms with E-state index in [1.54, 1.807) is 25.1 Å². The van der Waals surface area contributed by atoms with E-state index in [0.29, 0.717) is 16.8 Å². The summed E-state index contributed by atoms with van der Waals surface area (Å²) >= 11 is 0. The van der Waals surface area contributed by atoms with Gasteiger partial charge in [0.1, 0.15) is 12.6 Å². The number of benzene rings is 1. The molecule has 3 N–H and O–H groups in total. The molecule has 0 saturated heterocycles. The average Bonchev–Trinajstić information content (AvgIpc) is 2.54. The second-order valence-electron chi connectivity index (χ2n) is 4.68. The van der Waals surface area contributed by atoms with Crippen LogP contribution in [0, 0.1) is 0 Å². The molecule has 0 aromatic heterocycles. The monoisotopic (exact) mass is 310 g/mol. The Morgan fingerprint density at radius 2 is 1.95 bits per heavy atom. The van der Waals surface area contributed by atoms with E-state index in [1.807, 2.05) is 0 Å². The largest absolute Gasteiger partial charge is 0.467 e. The van der Waals surface area contributed by atoms with E-state index in [-0.39, 0.29) is 19.8 Å². The van der Waals surface area contributed by atoms with Crippen molar-refractivity contribution in [2.45, 2.75) is 26.1 Å². The fourth-order valence-electron chi connectivity index (χ4n) is 2.25. The Morgan fingerprint density at radius 1 is 1.32 bits per heavy atom. The number of carbonyl (C=O) groups excluding carboxylic acids is 2. The summed E-state index contributed by atoms with van der Waals surface area (Å²) in [6.45, 7) is 1.22. The predicted octanol–water partition coefficient (Wildman–Crippen LogP) is 0.178. The zero-order valence-electron chi connectivity index (χ0n) is 13.0. The highest BCUT2D eigenvalue weighted by molar-refractivity contribution is 6.01. The highest BCUT2D eigenvalue weighted by Crippen LogP contribution is 2.28. The number of hydrogen-bond donors (Lipinski definition) is 2. The molecule has 1 unspecified atom stereocenters. The first-order valence-electron chi connectivity index (χ1n) is 6.82. The molecule has 1 aromatic rings. The standard InChI is InChI=1S/C15H22N2O5/c1-10(15(20)22-3)17(13(19)9-21-2)14-11(7-16)5-4-6-12(14)8-18/h4-6,10,18H,7-9,16H2,1-3H3. The Kier molecular flexibility index (Phi) is 6.97. The van der Waals surface area contributed by atoms with E-state index in [9.17, 15) is 14.7 Å². The number of methoxy groups -OCH3 is 2. The van der Waals surface area contributed by atoms with Gasteiger partial charge in [-0.25, -0.2) is 4.79 Å². The predicted molar refractivity (Wildman–Crippen MR) is 81.1 cm³/mol. The molecule has 1 rings (SSSR count). The first-order valence-corrected chi connectivity index (χ1v) is 6.82. The number of para-hydroxylation sites is 1. The molecule has 0 saturated carbocycles. The number of nitrogens with two attached hydrogens (primary N) is 1. The van der Waals surface area contributed by atoms with E-state index in [1.165, 1.54) is 19.1 Å². The summed E-state index contributed by atoms with van der Waals surface area (Å²) in [4.78, 5) is 25.6. The highest BCUT2D eigenvalue weighted by Gasteiger charge is 2.30. The summed E-state index contributed by atoms with van der Waals surface area (Å²) in [5.41, 5.74) is 7.30. The van der Waals surface area contributed by atoms with Crippen LogP contribution >= 0.6 is 0 Å². The molecular formula is C15H22N2O5. The number of nitrogens with zero attached hydrogens (tertiary/aromatic N) is 1. The summed E-state index contributed by atoms with van der Waals surface area (Å²) in [6.07, 6.45) is 0. The van der Waals surface area contributed by atoms with Crippen LogP contribution in [-0.2, 0) is 32.2 Å². The van der Waals surface area contributed by atoms with Crippen LogP contribution in [0.25, 0.3) is 0 Å². The molecule has 1 aromatic carbocycles. The molecule has 7 nitrogen and oxygen atoms in total. The zero-order chi connectivity index (χ0) is 16.7. The van der Waals surface area contributed by atoms with Gasteiger partial charge in [0.25, 0.3) is 5.91 Å². The lowest BCUT2D eigenvalue weighted by molar-refractivity contribution is -0.143. The Labute approximate surface area is 129 Å². The van der Waals surface area contributed by atoms with Crippen molar-refractivity contribution >= 4 is 17.6 Å². The minimum Gasteiger partial charge on any atom is -0.467 e. The molecule has 0 bridgehead atoms. The average molecular weight is 310 g/mol. The summed E-state index contributed by atoms with van der Waals surface area (Å²) in [7, 11) is 2.64. The molecule has 122 valence electrons. The van der Waals surface area contributed by atoms with Crippen LogP contribution in [0.2, 0.25) is 0 Å². The lowest BCUT2D eigenvalue weighted by Crippen LogP contribution is -2.46. The van der Waals surface area contributed by atoms with E-state index in [2.05, 4.69) is 0 Å². The Bertz CT molecular complexity index is 510. The quantitative estimate of drug-likeness (QED) is 0.697. The summed E-state index contributed by atoms with van der Waals surface area (Å²) in [5, 5.41) is 9.55. The van der Waals surface area contributed by atoms with E-state index >= 15 is 0 Å². The lowest BCUT2D eigenvalue weighted by atomic mass is 10.0. The molecular weight excluding hydrogens is 288 g/mol. The third-order valence-corrected chi connectivity index (χ3v) is 3.30. The van der Waals surface area contributed by atoms with Gasteiger partial charge in [-0.15, -0.1) is 0 Å². The number of hydrogen-bond acceptors (Lipinski definition) is 6. The number of carbonyl (C=O) groups is 2. The van der Waals surface area contributed by atoms with Crippen molar-refractivity contribution in [2.75, 3.05) is 25.7 Å². The summed E-state index contributed by atoms with van der Waals surface area (Å²) in [6, 6.07) is 4.28. The maximum atomic E-state index is 12.4. The van der Waals surface area contributed by atoms with Gasteiger partial charge in [-0.2, -0.15) is 0 Å². The van der Waals surface area contributed by atoms with Gasteiger partial charge in [-0.1, -0.05) is 18.2 Å². The fraction of sp³-hybridized carbons (Fsp3) is 0.467. The van der Waals surface area contributed by atoms with Gasteiger partial charge in [-0.3, -0.25) is 9.69 Å². The van der Waals surface area contributed by atoms with Gasteiger partial charge in [0, 0.05) is 19.2 Å². The van der Waals surface area contributed by atoms with Crippen LogP contribution in [0.4, 0.5) is 5.69 Å². The van der Waals surface area contributed by atoms with Crippen LogP contribution in [0.3, 0.4) is 0 Å². The fourth-order valence-corrected chi connectivity index (χ4v) is 2.25. The molecule has 0 aliphatic heterocycles. The van der Waals surface area contributed by atoms with Crippen LogP contribution in [-0.4, -0.2) is 43.9 Å². The SMILES string of the molecule is COCC(=O)N(c1c(CN)cccc1CO)C(C)C(=O)OC. The van der Waals surface area contributed by atoms with Crippen molar-refractivity contribution < 1.29 is 24.2 Å². The highest BCUT2D eigenvalue weighted by atomic mass is 16.5. The van der Waals surface area contributed by atoms with Gasteiger partial charge >= 0.3 is 5.97 Å². The third-order valence-electron chi connectivity index (χ3n) is 3.30. The van der Waals surface area contributed by atoms with E-state index < -0.39 is 17.9 Å². The smallest absolute Gasteiger partial charge is 0.328 e. The minimum absolute atomic E-state index is 0.161. The molecule has 1 amide bonds. The molecule has 0 aliphatic carbocycles. The molecule has 7 heteroatoms. The summed E-state index contributed by atoms with van der Waals surface area (Å²) < 4.78 is 9.60. The number of anilines is 1.